The van der Waals surface area contributed by atoms with Crippen LogP contribution in [0.5, 0.6) is 0 Å². The van der Waals surface area contributed by atoms with Gasteiger partial charge >= 0.3 is 0 Å². The van der Waals surface area contributed by atoms with E-state index in [-0.39, 0.29) is 6.10 Å². The first-order valence-electron chi connectivity index (χ1n) is 5.28. The first-order chi connectivity index (χ1) is 6.19. The number of likely N-dealkylation sites (tertiary alicyclic amines) is 1. The van der Waals surface area contributed by atoms with Crippen LogP contribution in [0.4, 0.5) is 0 Å². The second kappa shape index (κ2) is 4.94. The number of aliphatic hydroxyl groups is 1. The highest BCUT2D eigenvalue weighted by Gasteiger charge is 2.34. The Bertz CT molecular complexity index is 150. The molecule has 1 aliphatic heterocycles. The molecular weight excluding hydrogens is 164 g/mol. The molecule has 0 radical (unpaired) electrons. The highest BCUT2D eigenvalue weighted by molar-refractivity contribution is 4.90. The monoisotopic (exact) mass is 186 g/mol. The summed E-state index contributed by atoms with van der Waals surface area (Å²) >= 11 is 0. The number of hydrogen-bond donors (Lipinski definition) is 2. The van der Waals surface area contributed by atoms with Crippen LogP contribution in [0.25, 0.3) is 0 Å². The molecule has 0 amide bonds. The van der Waals surface area contributed by atoms with Crippen molar-refractivity contribution in [2.75, 3.05) is 20.1 Å². The zero-order valence-corrected chi connectivity index (χ0v) is 8.95. The van der Waals surface area contributed by atoms with E-state index in [4.69, 9.17) is 0 Å². The lowest BCUT2D eigenvalue weighted by molar-refractivity contribution is -0.0561. The molecule has 3 heteroatoms. The van der Waals surface area contributed by atoms with Crippen molar-refractivity contribution in [1.29, 1.82) is 0 Å². The van der Waals surface area contributed by atoms with Crippen LogP contribution < -0.4 is 5.32 Å². The van der Waals surface area contributed by atoms with Crippen LogP contribution in [0.15, 0.2) is 0 Å². The molecule has 0 aromatic carbocycles. The Kier molecular flexibility index (Phi) is 4.16. The molecule has 3 nitrogen and oxygen atoms in total. The van der Waals surface area contributed by atoms with E-state index in [9.17, 15) is 5.11 Å². The van der Waals surface area contributed by atoms with Gasteiger partial charge in [0.1, 0.15) is 0 Å². The molecule has 1 saturated heterocycles. The predicted octanol–water partition coefficient (Wildman–Crippen LogP) is 0.439. The fraction of sp³-hybridized carbons (Fsp3) is 1.00. The minimum atomic E-state index is -0.0980. The fourth-order valence-corrected chi connectivity index (χ4v) is 1.86. The summed E-state index contributed by atoms with van der Waals surface area (Å²) in [6.45, 7) is 6.22. The number of likely N-dealkylation sites (N-methyl/N-ethyl adjacent to an activating group) is 1. The minimum absolute atomic E-state index is 0.0980. The van der Waals surface area contributed by atoms with E-state index >= 15 is 0 Å². The Hall–Kier alpha value is -0.120. The van der Waals surface area contributed by atoms with Crippen molar-refractivity contribution in [3.63, 3.8) is 0 Å². The summed E-state index contributed by atoms with van der Waals surface area (Å²) in [5.74, 6) is 0. The maximum Gasteiger partial charge on any atom is 0.0819 e. The fourth-order valence-electron chi connectivity index (χ4n) is 1.86. The van der Waals surface area contributed by atoms with Crippen molar-refractivity contribution in [3.05, 3.63) is 0 Å². The first kappa shape index (κ1) is 11.0. The number of β-amino-alcohol motifs (C(OH)–C–C–N with tert-alkyl or cyclic N) is 1. The van der Waals surface area contributed by atoms with Crippen molar-refractivity contribution in [2.45, 2.75) is 44.9 Å². The van der Waals surface area contributed by atoms with Gasteiger partial charge in [0, 0.05) is 25.2 Å². The topological polar surface area (TPSA) is 35.5 Å². The second-order valence-electron chi connectivity index (χ2n) is 4.04. The van der Waals surface area contributed by atoms with Gasteiger partial charge in [-0.05, 0) is 20.4 Å². The summed E-state index contributed by atoms with van der Waals surface area (Å²) in [5.41, 5.74) is 0. The molecule has 13 heavy (non-hydrogen) atoms. The Labute approximate surface area is 81.1 Å². The quantitative estimate of drug-likeness (QED) is 0.654. The summed E-state index contributed by atoms with van der Waals surface area (Å²) in [7, 11) is 2.02. The van der Waals surface area contributed by atoms with Crippen LogP contribution >= 0.6 is 0 Å². The summed E-state index contributed by atoms with van der Waals surface area (Å²) in [4.78, 5) is 2.33. The Morgan fingerprint density at radius 3 is 2.69 bits per heavy atom. The van der Waals surface area contributed by atoms with Crippen LogP contribution in [0, 0.1) is 0 Å². The molecule has 1 rings (SSSR count). The standard InChI is InChI=1S/C10H22N2O/c1-4-5-9(11-3)6-12-7-10(13)8(12)2/h8-11,13H,4-7H2,1-3H3/t8-,9+,10+/m1/s1. The largest absolute Gasteiger partial charge is 0.390 e. The maximum atomic E-state index is 9.34. The van der Waals surface area contributed by atoms with E-state index in [1.165, 1.54) is 12.8 Å². The van der Waals surface area contributed by atoms with E-state index in [1.54, 1.807) is 0 Å². The molecule has 1 fully saturated rings. The normalized spacial score (nSPS) is 31.4. The number of aliphatic hydroxyl groups excluding tert-OH is 1. The third-order valence-electron chi connectivity index (χ3n) is 3.05. The zero-order chi connectivity index (χ0) is 9.84. The van der Waals surface area contributed by atoms with Crippen molar-refractivity contribution in [2.24, 2.45) is 0 Å². The van der Waals surface area contributed by atoms with Crippen LogP contribution in [-0.2, 0) is 0 Å². The lowest BCUT2D eigenvalue weighted by Gasteiger charge is -2.45. The Morgan fingerprint density at radius 1 is 1.62 bits per heavy atom. The highest BCUT2D eigenvalue weighted by Crippen LogP contribution is 2.18. The summed E-state index contributed by atoms with van der Waals surface area (Å²) < 4.78 is 0. The molecule has 0 aromatic heterocycles. The van der Waals surface area contributed by atoms with Crippen LogP contribution in [0.2, 0.25) is 0 Å². The van der Waals surface area contributed by atoms with Crippen molar-refractivity contribution < 1.29 is 5.11 Å². The molecule has 0 aromatic rings. The number of nitrogens with one attached hydrogen (secondary N) is 1. The minimum Gasteiger partial charge on any atom is -0.390 e. The van der Waals surface area contributed by atoms with Gasteiger partial charge in [0.05, 0.1) is 6.10 Å². The van der Waals surface area contributed by atoms with E-state index in [2.05, 4.69) is 24.1 Å². The number of nitrogens with zero attached hydrogens (tertiary/aromatic N) is 1. The molecule has 0 unspecified atom stereocenters. The Balaban J connectivity index is 2.23. The molecular formula is C10H22N2O. The third kappa shape index (κ3) is 2.66. The van der Waals surface area contributed by atoms with Crippen molar-refractivity contribution in [3.8, 4) is 0 Å². The van der Waals surface area contributed by atoms with Crippen molar-refractivity contribution in [1.82, 2.24) is 10.2 Å². The second-order valence-corrected chi connectivity index (χ2v) is 4.04. The Morgan fingerprint density at radius 2 is 2.31 bits per heavy atom. The van der Waals surface area contributed by atoms with E-state index in [0.717, 1.165) is 13.1 Å². The third-order valence-corrected chi connectivity index (χ3v) is 3.05. The first-order valence-corrected chi connectivity index (χ1v) is 5.28. The van der Waals surface area contributed by atoms with E-state index in [0.29, 0.717) is 12.1 Å². The highest BCUT2D eigenvalue weighted by atomic mass is 16.3. The maximum absolute atomic E-state index is 9.34. The molecule has 3 atom stereocenters. The van der Waals surface area contributed by atoms with Gasteiger partial charge < -0.3 is 10.4 Å². The van der Waals surface area contributed by atoms with Gasteiger partial charge in [-0.15, -0.1) is 0 Å². The van der Waals surface area contributed by atoms with Gasteiger partial charge in [0.15, 0.2) is 0 Å². The zero-order valence-electron chi connectivity index (χ0n) is 8.95. The van der Waals surface area contributed by atoms with Crippen molar-refractivity contribution >= 4 is 0 Å². The average molecular weight is 186 g/mol. The van der Waals surface area contributed by atoms with Gasteiger partial charge in [0.2, 0.25) is 0 Å². The van der Waals surface area contributed by atoms with Gasteiger partial charge in [-0.3, -0.25) is 4.90 Å². The predicted molar refractivity (Wildman–Crippen MR) is 54.8 cm³/mol. The number of hydrogen-bond acceptors (Lipinski definition) is 3. The average Bonchev–Trinajstić information content (AvgIpc) is 2.15. The lowest BCUT2D eigenvalue weighted by Crippen LogP contribution is -2.61. The molecule has 1 aliphatic rings. The van der Waals surface area contributed by atoms with E-state index < -0.39 is 0 Å². The molecule has 2 N–H and O–H groups in total. The summed E-state index contributed by atoms with van der Waals surface area (Å²) in [6, 6.07) is 0.938. The molecule has 0 aliphatic carbocycles. The van der Waals surface area contributed by atoms with E-state index in [1.807, 2.05) is 7.05 Å². The van der Waals surface area contributed by atoms with Crippen LogP contribution in [0.1, 0.15) is 26.7 Å². The molecule has 0 spiro atoms. The van der Waals surface area contributed by atoms with Crippen LogP contribution in [0.3, 0.4) is 0 Å². The lowest BCUT2D eigenvalue weighted by atomic mass is 9.99. The molecule has 0 bridgehead atoms. The van der Waals surface area contributed by atoms with Gasteiger partial charge in [0.25, 0.3) is 0 Å². The van der Waals surface area contributed by atoms with Gasteiger partial charge in [-0.2, -0.15) is 0 Å². The molecule has 78 valence electrons. The number of rotatable bonds is 5. The molecule has 0 saturated carbocycles. The van der Waals surface area contributed by atoms with Gasteiger partial charge in [-0.1, -0.05) is 13.3 Å². The molecule has 1 heterocycles. The smallest absolute Gasteiger partial charge is 0.0819 e. The van der Waals surface area contributed by atoms with Crippen LogP contribution in [-0.4, -0.2) is 48.3 Å². The SMILES string of the molecule is CCC[C@@H](CN1C[C@H](O)[C@H]1C)NC. The summed E-state index contributed by atoms with van der Waals surface area (Å²) in [6.07, 6.45) is 2.34. The van der Waals surface area contributed by atoms with Gasteiger partial charge in [-0.25, -0.2) is 0 Å². The summed E-state index contributed by atoms with van der Waals surface area (Å²) in [5, 5.41) is 12.7.